The molecule has 2 aliphatic carbocycles. The van der Waals surface area contributed by atoms with Gasteiger partial charge in [-0.15, -0.1) is 0 Å². The molecule has 0 bridgehead atoms. The standard InChI is InChI=1S/C21H25NO6/c1-24-20(23)22-15-11-19-18(27-21(28-19)7-3-2-4-8-21)10-14(15)13-5-6-16-17(9-13)26-12-25-16/h5-6,9-10,15,18-19H,2-4,7-8,11-12H2,1H3,(H,22,23)/t15-,18+,19-/m0/s1. The first-order valence-electron chi connectivity index (χ1n) is 9.98. The highest BCUT2D eigenvalue weighted by molar-refractivity contribution is 5.78. The molecule has 1 saturated carbocycles. The zero-order chi connectivity index (χ0) is 19.1. The topological polar surface area (TPSA) is 75.3 Å². The molecule has 28 heavy (non-hydrogen) atoms. The number of methoxy groups -OCH3 is 1. The number of nitrogens with one attached hydrogen (secondary N) is 1. The van der Waals surface area contributed by atoms with E-state index in [1.807, 2.05) is 18.2 Å². The van der Waals surface area contributed by atoms with Crippen LogP contribution in [0.25, 0.3) is 5.57 Å². The van der Waals surface area contributed by atoms with Gasteiger partial charge in [-0.05, 0) is 42.2 Å². The molecule has 1 N–H and O–H groups in total. The second-order valence-corrected chi connectivity index (χ2v) is 7.82. The summed E-state index contributed by atoms with van der Waals surface area (Å²) in [5.74, 6) is 0.978. The Hall–Kier alpha value is -2.25. The maximum atomic E-state index is 12.0. The van der Waals surface area contributed by atoms with E-state index >= 15 is 0 Å². The summed E-state index contributed by atoms with van der Waals surface area (Å²) >= 11 is 0. The van der Waals surface area contributed by atoms with Gasteiger partial charge in [-0.25, -0.2) is 4.79 Å². The molecule has 7 heteroatoms. The van der Waals surface area contributed by atoms with E-state index in [4.69, 9.17) is 23.7 Å². The Labute approximate surface area is 163 Å². The van der Waals surface area contributed by atoms with Gasteiger partial charge >= 0.3 is 6.09 Å². The SMILES string of the molecule is COC(=O)N[C@H]1C[C@@H]2OC3(CCCCC3)O[C@@H]2C=C1c1ccc2c(c1)OCO2. The smallest absolute Gasteiger partial charge is 0.407 e. The minimum atomic E-state index is -0.468. The third-order valence-corrected chi connectivity index (χ3v) is 6.07. The van der Waals surface area contributed by atoms with Gasteiger partial charge < -0.3 is 29.0 Å². The average Bonchev–Trinajstić information content (AvgIpc) is 3.30. The van der Waals surface area contributed by atoms with Crippen LogP contribution in [0.3, 0.4) is 0 Å². The normalized spacial score (nSPS) is 29.9. The van der Waals surface area contributed by atoms with Crippen LogP contribution in [0.4, 0.5) is 4.79 Å². The number of fused-ring (bicyclic) bond motifs is 2. The maximum absolute atomic E-state index is 12.0. The van der Waals surface area contributed by atoms with Crippen molar-refractivity contribution in [3.8, 4) is 11.5 Å². The molecule has 3 atom stereocenters. The fourth-order valence-electron chi connectivity index (χ4n) is 4.71. The molecule has 150 valence electrons. The zero-order valence-corrected chi connectivity index (χ0v) is 15.9. The lowest BCUT2D eigenvalue weighted by Crippen LogP contribution is -2.43. The first-order valence-corrected chi connectivity index (χ1v) is 9.98. The highest BCUT2D eigenvalue weighted by atomic mass is 16.8. The van der Waals surface area contributed by atoms with Crippen molar-refractivity contribution in [3.05, 3.63) is 29.8 Å². The number of carbonyl (C=O) groups excluding carboxylic acids is 1. The predicted octanol–water partition coefficient (Wildman–Crippen LogP) is 3.37. The van der Waals surface area contributed by atoms with Gasteiger partial charge in [0.2, 0.25) is 6.79 Å². The fraction of sp³-hybridized carbons (Fsp3) is 0.571. The zero-order valence-electron chi connectivity index (χ0n) is 15.9. The van der Waals surface area contributed by atoms with Gasteiger partial charge in [0.05, 0.1) is 19.3 Å². The van der Waals surface area contributed by atoms with Crippen LogP contribution in [0.1, 0.15) is 44.1 Å². The van der Waals surface area contributed by atoms with E-state index in [9.17, 15) is 4.79 Å². The summed E-state index contributed by atoms with van der Waals surface area (Å²) < 4.78 is 28.6. The van der Waals surface area contributed by atoms with Crippen molar-refractivity contribution in [3.63, 3.8) is 0 Å². The highest BCUT2D eigenvalue weighted by Crippen LogP contribution is 2.46. The van der Waals surface area contributed by atoms with E-state index in [-0.39, 0.29) is 25.0 Å². The van der Waals surface area contributed by atoms with E-state index in [0.29, 0.717) is 12.2 Å². The van der Waals surface area contributed by atoms with Crippen molar-refractivity contribution in [1.29, 1.82) is 0 Å². The van der Waals surface area contributed by atoms with Crippen molar-refractivity contribution >= 4 is 11.7 Å². The Balaban J connectivity index is 1.46. The van der Waals surface area contributed by atoms with Crippen LogP contribution in [0.15, 0.2) is 24.3 Å². The summed E-state index contributed by atoms with van der Waals surface area (Å²) in [6.07, 6.45) is 7.44. The van der Waals surface area contributed by atoms with Gasteiger partial charge in [-0.3, -0.25) is 0 Å². The molecule has 0 radical (unpaired) electrons. The van der Waals surface area contributed by atoms with Crippen LogP contribution in [0.5, 0.6) is 11.5 Å². The van der Waals surface area contributed by atoms with Gasteiger partial charge in [0.25, 0.3) is 0 Å². The molecule has 0 aromatic heterocycles. The van der Waals surface area contributed by atoms with Gasteiger partial charge in [0, 0.05) is 19.3 Å². The van der Waals surface area contributed by atoms with Crippen molar-refractivity contribution in [2.75, 3.05) is 13.9 Å². The summed E-state index contributed by atoms with van der Waals surface area (Å²) in [5.41, 5.74) is 1.96. The van der Waals surface area contributed by atoms with Crippen molar-refractivity contribution in [2.45, 2.75) is 62.6 Å². The number of hydrogen-bond donors (Lipinski definition) is 1. The molecule has 1 spiro atoms. The summed E-state index contributed by atoms with van der Waals surface area (Å²) in [4.78, 5) is 12.0. The Bertz CT molecular complexity index is 800. The number of rotatable bonds is 2. The number of hydrogen-bond acceptors (Lipinski definition) is 6. The quantitative estimate of drug-likeness (QED) is 0.839. The summed E-state index contributed by atoms with van der Waals surface area (Å²) in [7, 11) is 1.37. The minimum Gasteiger partial charge on any atom is -0.454 e. The second kappa shape index (κ2) is 6.97. The van der Waals surface area contributed by atoms with Gasteiger partial charge in [0.15, 0.2) is 17.3 Å². The molecular weight excluding hydrogens is 362 g/mol. The first-order chi connectivity index (χ1) is 13.7. The van der Waals surface area contributed by atoms with E-state index in [1.165, 1.54) is 13.5 Å². The first kappa shape index (κ1) is 17.8. The molecule has 2 heterocycles. The Morgan fingerprint density at radius 2 is 1.96 bits per heavy atom. The molecule has 7 nitrogen and oxygen atoms in total. The largest absolute Gasteiger partial charge is 0.454 e. The molecule has 1 aromatic carbocycles. The predicted molar refractivity (Wildman–Crippen MR) is 100 cm³/mol. The van der Waals surface area contributed by atoms with Crippen LogP contribution < -0.4 is 14.8 Å². The van der Waals surface area contributed by atoms with Crippen LogP contribution in [-0.2, 0) is 14.2 Å². The molecule has 2 aliphatic heterocycles. The number of carbonyl (C=O) groups is 1. The van der Waals surface area contributed by atoms with Gasteiger partial charge in [0.1, 0.15) is 6.10 Å². The maximum Gasteiger partial charge on any atom is 0.407 e. The van der Waals surface area contributed by atoms with Crippen LogP contribution in [0.2, 0.25) is 0 Å². The lowest BCUT2D eigenvalue weighted by molar-refractivity contribution is -0.191. The monoisotopic (exact) mass is 387 g/mol. The van der Waals surface area contributed by atoms with E-state index in [0.717, 1.165) is 42.6 Å². The van der Waals surface area contributed by atoms with E-state index < -0.39 is 11.9 Å². The molecule has 0 unspecified atom stereocenters. The molecular formula is C21H25NO6. The molecule has 5 rings (SSSR count). The van der Waals surface area contributed by atoms with E-state index in [2.05, 4.69) is 11.4 Å². The molecule has 2 fully saturated rings. The summed E-state index contributed by atoms with van der Waals surface area (Å²) in [6, 6.07) is 5.61. The van der Waals surface area contributed by atoms with Crippen LogP contribution in [0, 0.1) is 0 Å². The van der Waals surface area contributed by atoms with E-state index in [1.54, 1.807) is 0 Å². The van der Waals surface area contributed by atoms with Crippen LogP contribution >= 0.6 is 0 Å². The fourth-order valence-corrected chi connectivity index (χ4v) is 4.71. The summed E-state index contributed by atoms with van der Waals surface area (Å²) in [6.45, 7) is 0.228. The Morgan fingerprint density at radius 1 is 1.14 bits per heavy atom. The second-order valence-electron chi connectivity index (χ2n) is 7.82. The van der Waals surface area contributed by atoms with Crippen molar-refractivity contribution < 1.29 is 28.5 Å². The number of ether oxygens (including phenoxy) is 5. The van der Waals surface area contributed by atoms with Crippen LogP contribution in [-0.4, -0.2) is 44.0 Å². The Kier molecular flexibility index (Phi) is 4.44. The third kappa shape index (κ3) is 3.12. The van der Waals surface area contributed by atoms with Gasteiger partial charge in [-0.1, -0.05) is 12.5 Å². The average molecular weight is 387 g/mol. The lowest BCUT2D eigenvalue weighted by atomic mass is 9.86. The van der Waals surface area contributed by atoms with Gasteiger partial charge in [-0.2, -0.15) is 0 Å². The molecule has 1 saturated heterocycles. The van der Waals surface area contributed by atoms with Crippen molar-refractivity contribution in [2.24, 2.45) is 0 Å². The molecule has 1 aromatic rings. The third-order valence-electron chi connectivity index (χ3n) is 6.07. The Morgan fingerprint density at radius 3 is 2.79 bits per heavy atom. The lowest BCUT2D eigenvalue weighted by Gasteiger charge is -2.32. The number of amides is 1. The van der Waals surface area contributed by atoms with Crippen molar-refractivity contribution in [1.82, 2.24) is 5.32 Å². The highest BCUT2D eigenvalue weighted by Gasteiger charge is 2.50. The minimum absolute atomic E-state index is 0.0713. The number of benzene rings is 1. The summed E-state index contributed by atoms with van der Waals surface area (Å²) in [5, 5.41) is 2.95. The molecule has 1 amide bonds. The molecule has 4 aliphatic rings. The number of alkyl carbamates (subject to hydrolysis) is 1.